The molecule has 1 aromatic heterocycles. The van der Waals surface area contributed by atoms with Crippen LogP contribution >= 0.6 is 11.8 Å². The number of aryl methyl sites for hydroxylation is 1. The largest absolute Gasteiger partial charge is 0.483 e. The smallest absolute Gasteiger partial charge is 0.316 e. The molecule has 6 nitrogen and oxygen atoms in total. The van der Waals surface area contributed by atoms with Crippen LogP contribution in [0.3, 0.4) is 0 Å². The van der Waals surface area contributed by atoms with E-state index >= 15 is 0 Å². The maximum absolute atomic E-state index is 11.5. The van der Waals surface area contributed by atoms with Gasteiger partial charge in [0.15, 0.2) is 17.1 Å². The lowest BCUT2D eigenvalue weighted by Crippen LogP contribution is -2.13. The lowest BCUT2D eigenvalue weighted by atomic mass is 10.2. The Morgan fingerprint density at radius 3 is 2.72 bits per heavy atom. The number of carbonyl (C=O) groups excluding carboxylic acids is 1. The van der Waals surface area contributed by atoms with E-state index in [0.29, 0.717) is 24.1 Å². The molecule has 0 amide bonds. The predicted molar refractivity (Wildman–Crippen MR) is 97.8 cm³/mol. The van der Waals surface area contributed by atoms with E-state index < -0.39 is 0 Å². The number of benzene rings is 1. The minimum Gasteiger partial charge on any atom is -0.483 e. The fourth-order valence-corrected chi connectivity index (χ4v) is 2.96. The highest BCUT2D eigenvalue weighted by Gasteiger charge is 2.19. The van der Waals surface area contributed by atoms with Crippen molar-refractivity contribution in [2.24, 2.45) is 0 Å². The maximum atomic E-state index is 11.5. The molecule has 1 unspecified atom stereocenters. The third-order valence-corrected chi connectivity index (χ3v) is 4.32. The first kappa shape index (κ1) is 19.1. The van der Waals surface area contributed by atoms with Crippen LogP contribution in [0.15, 0.2) is 42.1 Å². The van der Waals surface area contributed by atoms with Crippen LogP contribution in [0, 0.1) is 6.92 Å². The van der Waals surface area contributed by atoms with Crippen LogP contribution in [0.1, 0.15) is 31.3 Å². The Balaban J connectivity index is 2.12. The molecule has 25 heavy (non-hydrogen) atoms. The number of nitrogens with zero attached hydrogens (tertiary/aromatic N) is 3. The Hall–Kier alpha value is -2.28. The van der Waals surface area contributed by atoms with E-state index in [4.69, 9.17) is 9.47 Å². The molecule has 0 aliphatic heterocycles. The van der Waals surface area contributed by atoms with Gasteiger partial charge in [0.2, 0.25) is 0 Å². The molecule has 0 radical (unpaired) electrons. The van der Waals surface area contributed by atoms with E-state index in [-0.39, 0.29) is 17.8 Å². The van der Waals surface area contributed by atoms with Crippen LogP contribution in [0.4, 0.5) is 0 Å². The van der Waals surface area contributed by atoms with Gasteiger partial charge >= 0.3 is 5.97 Å². The minimum atomic E-state index is -0.285. The molecule has 1 heterocycles. The summed E-state index contributed by atoms with van der Waals surface area (Å²) in [6.45, 7) is 10.4. The number of thioether (sulfide) groups is 1. The molecule has 0 bridgehead atoms. The number of carbonyl (C=O) groups is 1. The molecule has 0 spiro atoms. The number of esters is 1. The van der Waals surface area contributed by atoms with Gasteiger partial charge in [0.1, 0.15) is 5.75 Å². The van der Waals surface area contributed by atoms with Crippen LogP contribution in [0.5, 0.6) is 5.75 Å². The quantitative estimate of drug-likeness (QED) is 0.386. The van der Waals surface area contributed by atoms with E-state index in [1.54, 1.807) is 13.0 Å². The number of rotatable bonds is 9. The first-order valence-corrected chi connectivity index (χ1v) is 9.09. The predicted octanol–water partition coefficient (Wildman–Crippen LogP) is 3.57. The van der Waals surface area contributed by atoms with Crippen molar-refractivity contribution in [2.45, 2.75) is 38.6 Å². The van der Waals surface area contributed by atoms with Crippen LogP contribution in [-0.2, 0) is 16.1 Å². The zero-order chi connectivity index (χ0) is 18.2. The van der Waals surface area contributed by atoms with Crippen molar-refractivity contribution in [1.29, 1.82) is 0 Å². The molecule has 0 aliphatic carbocycles. The average Bonchev–Trinajstić information content (AvgIpc) is 2.99. The summed E-state index contributed by atoms with van der Waals surface area (Å²) in [5, 5.41) is 9.06. The molecule has 7 heteroatoms. The van der Waals surface area contributed by atoms with E-state index in [2.05, 4.69) is 16.8 Å². The third kappa shape index (κ3) is 5.35. The summed E-state index contributed by atoms with van der Waals surface area (Å²) in [6, 6.07) is 7.85. The van der Waals surface area contributed by atoms with Gasteiger partial charge < -0.3 is 9.47 Å². The number of aromatic nitrogens is 3. The molecular weight excluding hydrogens is 338 g/mol. The van der Waals surface area contributed by atoms with Gasteiger partial charge in [-0.2, -0.15) is 0 Å². The van der Waals surface area contributed by atoms with Crippen LogP contribution in [-0.4, -0.2) is 33.1 Å². The molecular formula is C18H23N3O3S. The highest BCUT2D eigenvalue weighted by atomic mass is 32.2. The summed E-state index contributed by atoms with van der Waals surface area (Å²) < 4.78 is 12.8. The Kier molecular flexibility index (Phi) is 7.06. The third-order valence-electron chi connectivity index (χ3n) is 3.38. The summed E-state index contributed by atoms with van der Waals surface area (Å²) in [7, 11) is 0. The summed E-state index contributed by atoms with van der Waals surface area (Å²) in [6.07, 6.45) is 1.48. The highest BCUT2D eigenvalue weighted by molar-refractivity contribution is 7.99. The van der Waals surface area contributed by atoms with Crippen molar-refractivity contribution < 1.29 is 14.3 Å². The lowest BCUT2D eigenvalue weighted by Gasteiger charge is -2.15. The van der Waals surface area contributed by atoms with Crippen LogP contribution < -0.4 is 4.74 Å². The average molecular weight is 361 g/mol. The second-order valence-electron chi connectivity index (χ2n) is 5.41. The molecule has 0 saturated heterocycles. The number of allylic oxidation sites excluding steroid dienone is 1. The van der Waals surface area contributed by atoms with E-state index in [9.17, 15) is 4.79 Å². The number of hydrogen-bond acceptors (Lipinski definition) is 6. The van der Waals surface area contributed by atoms with Gasteiger partial charge in [0.25, 0.3) is 0 Å². The van der Waals surface area contributed by atoms with Crippen molar-refractivity contribution >= 4 is 17.7 Å². The second kappa shape index (κ2) is 9.27. The SMILES string of the molecule is C=CCn1c(SCC(=O)OCC)nnc1C(C)Oc1ccc(C)cc1. The fraction of sp³-hybridized carbons (Fsp3) is 0.389. The van der Waals surface area contributed by atoms with Gasteiger partial charge in [-0.3, -0.25) is 9.36 Å². The van der Waals surface area contributed by atoms with Gasteiger partial charge in [0.05, 0.1) is 12.4 Å². The van der Waals surface area contributed by atoms with Crippen molar-refractivity contribution in [2.75, 3.05) is 12.4 Å². The van der Waals surface area contributed by atoms with Gasteiger partial charge in [-0.05, 0) is 32.9 Å². The molecule has 134 valence electrons. The Morgan fingerprint density at radius 2 is 2.08 bits per heavy atom. The molecule has 2 aromatic rings. The van der Waals surface area contributed by atoms with Gasteiger partial charge in [-0.25, -0.2) is 0 Å². The summed E-state index contributed by atoms with van der Waals surface area (Å²) >= 11 is 1.29. The molecule has 0 N–H and O–H groups in total. The van der Waals surface area contributed by atoms with E-state index in [1.807, 2.05) is 42.7 Å². The number of hydrogen-bond donors (Lipinski definition) is 0. The zero-order valence-corrected chi connectivity index (χ0v) is 15.6. The monoisotopic (exact) mass is 361 g/mol. The molecule has 1 atom stereocenters. The van der Waals surface area contributed by atoms with Crippen LogP contribution in [0.25, 0.3) is 0 Å². The van der Waals surface area contributed by atoms with Crippen LogP contribution in [0.2, 0.25) is 0 Å². The first-order valence-electron chi connectivity index (χ1n) is 8.10. The molecule has 0 aliphatic rings. The molecule has 2 rings (SSSR count). The van der Waals surface area contributed by atoms with Gasteiger partial charge in [-0.15, -0.1) is 16.8 Å². The Labute approximate surface area is 152 Å². The Bertz CT molecular complexity index is 713. The topological polar surface area (TPSA) is 66.2 Å². The molecule has 0 fully saturated rings. The standard InChI is InChI=1S/C18H23N3O3S/c1-5-11-21-17(14(4)24-15-9-7-13(3)8-10-15)19-20-18(21)25-12-16(22)23-6-2/h5,7-10,14H,1,6,11-12H2,2-4H3. The first-order chi connectivity index (χ1) is 12.0. The number of ether oxygens (including phenoxy) is 2. The highest BCUT2D eigenvalue weighted by Crippen LogP contribution is 2.25. The van der Waals surface area contributed by atoms with E-state index in [0.717, 1.165) is 5.75 Å². The van der Waals surface area contributed by atoms with Crippen molar-refractivity contribution in [3.8, 4) is 5.75 Å². The normalized spacial score (nSPS) is 11.8. The van der Waals surface area contributed by atoms with Crippen molar-refractivity contribution in [3.05, 3.63) is 48.3 Å². The molecule has 1 aromatic carbocycles. The zero-order valence-electron chi connectivity index (χ0n) is 14.8. The fourth-order valence-electron chi connectivity index (χ4n) is 2.21. The summed E-state index contributed by atoms with van der Waals surface area (Å²) in [5.74, 6) is 1.38. The summed E-state index contributed by atoms with van der Waals surface area (Å²) in [4.78, 5) is 11.5. The van der Waals surface area contributed by atoms with Gasteiger partial charge in [-0.1, -0.05) is 35.5 Å². The molecule has 0 saturated carbocycles. The van der Waals surface area contributed by atoms with Crippen molar-refractivity contribution in [1.82, 2.24) is 14.8 Å². The lowest BCUT2D eigenvalue weighted by molar-refractivity contribution is -0.139. The van der Waals surface area contributed by atoms with E-state index in [1.165, 1.54) is 17.3 Å². The van der Waals surface area contributed by atoms with Gasteiger partial charge in [0, 0.05) is 6.54 Å². The summed E-state index contributed by atoms with van der Waals surface area (Å²) in [5.41, 5.74) is 1.17. The Morgan fingerprint density at radius 1 is 1.36 bits per heavy atom. The minimum absolute atomic E-state index is 0.191. The maximum Gasteiger partial charge on any atom is 0.316 e. The second-order valence-corrected chi connectivity index (χ2v) is 6.35. The van der Waals surface area contributed by atoms with Crippen molar-refractivity contribution in [3.63, 3.8) is 0 Å².